The van der Waals surface area contributed by atoms with Gasteiger partial charge in [-0.2, -0.15) is 5.26 Å². The standard InChI is InChI=1S/C36H34N8O6S2/c37-16-21-5-7-22(8-6-21)17-42-12-9-23(10-13-42)18-43-14-11-24(32(43)46)15-25-19-51-34-29(33(47)44(34)30(25)35(48)49)40-31(45)28(27-20-52-36(38)39-27)41-50-26-3-1-2-4-26/h5-10,12-13,15,20,26,29,34H,1-4,11,14,17-19H2,(H3-,38,39,40,45,48,49)/p+1/b24-15?,41-28-/t29-,34-/m1/s1. The lowest BCUT2D eigenvalue weighted by Crippen LogP contribution is -2.71. The van der Waals surface area contributed by atoms with Gasteiger partial charge >= 0.3 is 5.97 Å². The highest BCUT2D eigenvalue weighted by molar-refractivity contribution is 8.00. The van der Waals surface area contributed by atoms with E-state index in [1.54, 1.807) is 28.5 Å². The first kappa shape index (κ1) is 34.9. The molecule has 5 heterocycles. The third kappa shape index (κ3) is 7.28. The molecule has 52 heavy (non-hydrogen) atoms. The molecule has 3 aliphatic heterocycles. The number of amides is 3. The number of rotatable bonds is 11. The first-order valence-electron chi connectivity index (χ1n) is 16.8. The molecular formula is C36H35N8O6S2+. The summed E-state index contributed by atoms with van der Waals surface area (Å²) in [6.07, 6.45) is 9.49. The molecule has 1 aromatic carbocycles. The van der Waals surface area contributed by atoms with Gasteiger partial charge in [0.15, 0.2) is 29.8 Å². The number of likely N-dealkylation sites (tertiary alicyclic amines) is 1. The number of thiazole rings is 1. The maximum absolute atomic E-state index is 13.4. The smallest absolute Gasteiger partial charge is 0.352 e. The Morgan fingerprint density at radius 3 is 2.58 bits per heavy atom. The van der Waals surface area contributed by atoms with Gasteiger partial charge in [-0.15, -0.1) is 23.1 Å². The van der Waals surface area contributed by atoms with Crippen molar-refractivity contribution < 1.29 is 33.7 Å². The maximum atomic E-state index is 13.4. The molecule has 4 N–H and O–H groups in total. The van der Waals surface area contributed by atoms with Crippen LogP contribution in [0.3, 0.4) is 0 Å². The van der Waals surface area contributed by atoms with Gasteiger partial charge in [-0.05, 0) is 61.4 Å². The van der Waals surface area contributed by atoms with Crippen LogP contribution in [0.2, 0.25) is 0 Å². The van der Waals surface area contributed by atoms with Crippen LogP contribution in [-0.2, 0) is 37.1 Å². The van der Waals surface area contributed by atoms with Gasteiger partial charge in [0, 0.05) is 47.5 Å². The average Bonchev–Trinajstić information content (AvgIpc) is 3.91. The molecule has 2 aromatic heterocycles. The van der Waals surface area contributed by atoms with Crippen molar-refractivity contribution in [2.45, 2.75) is 62.7 Å². The molecule has 1 saturated carbocycles. The van der Waals surface area contributed by atoms with Gasteiger partial charge in [0.1, 0.15) is 28.9 Å². The summed E-state index contributed by atoms with van der Waals surface area (Å²) in [4.78, 5) is 65.5. The molecule has 3 amide bonds. The number of fused-ring (bicyclic) bond motifs is 1. The van der Waals surface area contributed by atoms with E-state index in [9.17, 15) is 24.3 Å². The van der Waals surface area contributed by atoms with E-state index in [1.807, 2.05) is 41.2 Å². The maximum Gasteiger partial charge on any atom is 0.352 e. The minimum Gasteiger partial charge on any atom is -0.477 e. The zero-order valence-electron chi connectivity index (χ0n) is 27.9. The number of pyridine rings is 1. The zero-order valence-corrected chi connectivity index (χ0v) is 29.6. The molecule has 0 radical (unpaired) electrons. The van der Waals surface area contributed by atoms with Gasteiger partial charge in [0.25, 0.3) is 11.8 Å². The Morgan fingerprint density at radius 2 is 1.90 bits per heavy atom. The lowest BCUT2D eigenvalue weighted by Gasteiger charge is -2.49. The minimum atomic E-state index is -1.29. The molecule has 3 fully saturated rings. The number of nitrogens with two attached hydrogens (primary N) is 1. The fourth-order valence-electron chi connectivity index (χ4n) is 6.66. The number of oxime groups is 1. The van der Waals surface area contributed by atoms with Crippen molar-refractivity contribution >= 4 is 57.6 Å². The number of carboxylic acid groups (broad SMARTS) is 1. The number of allylic oxidation sites excluding steroid dienone is 1. The average molecular weight is 740 g/mol. The third-order valence-corrected chi connectivity index (χ3v) is 11.4. The number of nitrogen functional groups attached to an aromatic ring is 1. The van der Waals surface area contributed by atoms with E-state index in [4.69, 9.17) is 15.8 Å². The molecule has 1 aliphatic carbocycles. The number of nitrogens with one attached hydrogen (secondary N) is 1. The normalized spacial score (nSPS) is 21.3. The van der Waals surface area contributed by atoms with Crippen molar-refractivity contribution in [3.63, 3.8) is 0 Å². The Kier molecular flexibility index (Phi) is 10.1. The summed E-state index contributed by atoms with van der Waals surface area (Å²) in [5, 5.41) is 27.2. The molecule has 14 nitrogen and oxygen atoms in total. The first-order valence-corrected chi connectivity index (χ1v) is 18.8. The molecule has 3 aromatic rings. The van der Waals surface area contributed by atoms with Crippen LogP contribution in [0.5, 0.6) is 0 Å². The van der Waals surface area contributed by atoms with Crippen LogP contribution in [0.15, 0.2) is 82.2 Å². The number of carbonyl (C=O) groups is 4. The number of nitriles is 1. The minimum absolute atomic E-state index is 0.103. The summed E-state index contributed by atoms with van der Waals surface area (Å²) < 4.78 is 2.01. The number of hydrogen-bond acceptors (Lipinski definition) is 11. The second-order valence-corrected chi connectivity index (χ2v) is 14.9. The third-order valence-electron chi connectivity index (χ3n) is 9.41. The lowest BCUT2D eigenvalue weighted by molar-refractivity contribution is -0.688. The predicted octanol–water partition coefficient (Wildman–Crippen LogP) is 2.69. The fourth-order valence-corrected chi connectivity index (χ4v) is 8.52. The lowest BCUT2D eigenvalue weighted by atomic mass is 10.0. The van der Waals surface area contributed by atoms with Crippen LogP contribution in [0, 0.1) is 11.3 Å². The SMILES string of the molecule is N#Cc1ccc(C[n+]2ccc(CN3CCC(=CC4=C(C(=O)O)N5C(=O)[C@@H](NC(=O)/C(=N\OC6CCCC6)c6csc(N)n6)[C@H]5SC4)C3=O)cc2)cc1. The zero-order chi connectivity index (χ0) is 36.4. The molecule has 0 spiro atoms. The Bertz CT molecular complexity index is 2050. The van der Waals surface area contributed by atoms with Gasteiger partial charge in [-0.3, -0.25) is 19.3 Å². The van der Waals surface area contributed by atoms with Crippen molar-refractivity contribution in [3.05, 3.63) is 99.5 Å². The Morgan fingerprint density at radius 1 is 1.15 bits per heavy atom. The van der Waals surface area contributed by atoms with E-state index >= 15 is 0 Å². The number of anilines is 1. The number of carboxylic acids is 1. The Hall–Kier alpha value is -5.53. The second-order valence-electron chi connectivity index (χ2n) is 12.9. The molecule has 2 atom stereocenters. The molecular weight excluding hydrogens is 705 g/mol. The second kappa shape index (κ2) is 15.0. The van der Waals surface area contributed by atoms with E-state index in [2.05, 4.69) is 21.5 Å². The van der Waals surface area contributed by atoms with Gasteiger partial charge < -0.3 is 25.9 Å². The van der Waals surface area contributed by atoms with Crippen molar-refractivity contribution in [1.82, 2.24) is 20.1 Å². The molecule has 0 bridgehead atoms. The van der Waals surface area contributed by atoms with Crippen LogP contribution in [0.25, 0.3) is 0 Å². The van der Waals surface area contributed by atoms with Crippen molar-refractivity contribution in [2.24, 2.45) is 5.16 Å². The summed E-state index contributed by atoms with van der Waals surface area (Å²) in [5.41, 5.74) is 9.19. The van der Waals surface area contributed by atoms with Crippen LogP contribution < -0.4 is 15.6 Å². The number of thioether (sulfide) groups is 1. The van der Waals surface area contributed by atoms with Crippen molar-refractivity contribution in [2.75, 3.05) is 18.0 Å². The molecule has 7 rings (SSSR count). The largest absolute Gasteiger partial charge is 0.477 e. The number of aliphatic carboxylic acids is 1. The topological polar surface area (TPSA) is 195 Å². The fraction of sp³-hybridized carbons (Fsp3) is 0.333. The number of aromatic nitrogens is 2. The van der Waals surface area contributed by atoms with Gasteiger partial charge in [0.2, 0.25) is 5.91 Å². The highest BCUT2D eigenvalue weighted by Gasteiger charge is 2.54. The van der Waals surface area contributed by atoms with E-state index < -0.39 is 29.2 Å². The summed E-state index contributed by atoms with van der Waals surface area (Å²) in [5.74, 6) is -2.50. The molecule has 4 aliphatic rings. The highest BCUT2D eigenvalue weighted by Crippen LogP contribution is 2.41. The van der Waals surface area contributed by atoms with Crippen molar-refractivity contribution in [3.8, 4) is 6.07 Å². The molecule has 266 valence electrons. The number of hydrogen-bond donors (Lipinski definition) is 3. The monoisotopic (exact) mass is 739 g/mol. The van der Waals surface area contributed by atoms with E-state index in [-0.39, 0.29) is 40.0 Å². The number of benzene rings is 1. The van der Waals surface area contributed by atoms with Crippen LogP contribution >= 0.6 is 23.1 Å². The first-order chi connectivity index (χ1) is 25.2. The predicted molar refractivity (Wildman–Crippen MR) is 191 cm³/mol. The Labute approximate surface area is 307 Å². The van der Waals surface area contributed by atoms with Gasteiger partial charge in [0.05, 0.1) is 11.6 Å². The highest BCUT2D eigenvalue weighted by atomic mass is 32.2. The van der Waals surface area contributed by atoms with Crippen molar-refractivity contribution in [1.29, 1.82) is 5.26 Å². The van der Waals surface area contributed by atoms with Crippen LogP contribution in [0.1, 0.15) is 54.5 Å². The van der Waals surface area contributed by atoms with Crippen LogP contribution in [-0.4, -0.2) is 79.1 Å². The van der Waals surface area contributed by atoms with Crippen LogP contribution in [0.4, 0.5) is 5.13 Å². The quantitative estimate of drug-likeness (QED) is 0.0865. The van der Waals surface area contributed by atoms with E-state index in [1.165, 1.54) is 16.7 Å². The molecule has 0 unspecified atom stereocenters. The number of β-lactam (4-membered cyclic amide) rings is 1. The Balaban J connectivity index is 1.00. The summed E-state index contributed by atoms with van der Waals surface area (Å²) in [6, 6.07) is 12.4. The number of carbonyl (C=O) groups excluding carboxylic acids is 3. The van der Waals surface area contributed by atoms with E-state index in [0.717, 1.165) is 48.1 Å². The molecule has 2 saturated heterocycles. The summed E-state index contributed by atoms with van der Waals surface area (Å²) >= 11 is 2.45. The van der Waals surface area contributed by atoms with E-state index in [0.29, 0.717) is 42.8 Å². The number of nitrogens with zero attached hydrogens (tertiary/aromatic N) is 6. The van der Waals surface area contributed by atoms with Gasteiger partial charge in [-0.1, -0.05) is 17.3 Å². The summed E-state index contributed by atoms with van der Waals surface area (Å²) in [7, 11) is 0. The molecule has 16 heteroatoms. The van der Waals surface area contributed by atoms with Gasteiger partial charge in [-0.25, -0.2) is 14.3 Å². The summed E-state index contributed by atoms with van der Waals surface area (Å²) in [6.45, 7) is 1.51.